The molecule has 6 nitrogen and oxygen atoms in total. The molecule has 2 aromatic heterocycles. The Morgan fingerprint density at radius 3 is 2.91 bits per heavy atom. The quantitative estimate of drug-likeness (QED) is 0.774. The SMILES string of the molecule is O=C(NCc1nc(-c2ccco2)n[nH]1)c1ccc(F)cc1F. The molecular formula is C14H10F2N4O2. The molecule has 0 aliphatic carbocycles. The minimum Gasteiger partial charge on any atom is -0.461 e. The average molecular weight is 304 g/mol. The number of nitrogens with zero attached hydrogens (tertiary/aromatic N) is 2. The van der Waals surface area contributed by atoms with Gasteiger partial charge in [-0.25, -0.2) is 13.8 Å². The van der Waals surface area contributed by atoms with Gasteiger partial charge in [-0.3, -0.25) is 9.89 Å². The molecule has 0 aliphatic heterocycles. The number of hydrogen-bond donors (Lipinski definition) is 2. The second kappa shape index (κ2) is 5.76. The lowest BCUT2D eigenvalue weighted by Crippen LogP contribution is -2.24. The van der Waals surface area contributed by atoms with Crippen LogP contribution in [0.4, 0.5) is 8.78 Å². The van der Waals surface area contributed by atoms with Crippen LogP contribution in [0.15, 0.2) is 41.0 Å². The van der Waals surface area contributed by atoms with Crippen molar-refractivity contribution in [3.8, 4) is 11.6 Å². The van der Waals surface area contributed by atoms with E-state index in [-0.39, 0.29) is 12.1 Å². The van der Waals surface area contributed by atoms with Crippen molar-refractivity contribution < 1.29 is 18.0 Å². The topological polar surface area (TPSA) is 83.8 Å². The summed E-state index contributed by atoms with van der Waals surface area (Å²) in [7, 11) is 0. The van der Waals surface area contributed by atoms with Gasteiger partial charge < -0.3 is 9.73 Å². The largest absolute Gasteiger partial charge is 0.461 e. The minimum atomic E-state index is -0.925. The summed E-state index contributed by atoms with van der Waals surface area (Å²) in [6.45, 7) is 0.0172. The van der Waals surface area contributed by atoms with Crippen LogP contribution in [0, 0.1) is 11.6 Å². The maximum atomic E-state index is 13.5. The normalized spacial score (nSPS) is 10.6. The van der Waals surface area contributed by atoms with Gasteiger partial charge >= 0.3 is 0 Å². The van der Waals surface area contributed by atoms with E-state index in [9.17, 15) is 13.6 Å². The molecule has 8 heteroatoms. The number of nitrogens with one attached hydrogen (secondary N) is 2. The Bertz CT molecular complexity index is 799. The maximum absolute atomic E-state index is 13.5. The molecule has 0 spiro atoms. The first kappa shape index (κ1) is 13.9. The van der Waals surface area contributed by atoms with Crippen molar-refractivity contribution in [2.45, 2.75) is 6.54 Å². The zero-order valence-corrected chi connectivity index (χ0v) is 11.1. The first-order valence-electron chi connectivity index (χ1n) is 6.32. The molecule has 0 bridgehead atoms. The monoisotopic (exact) mass is 304 g/mol. The van der Waals surface area contributed by atoms with Crippen molar-refractivity contribution >= 4 is 5.91 Å². The van der Waals surface area contributed by atoms with Crippen molar-refractivity contribution in [3.05, 3.63) is 59.6 Å². The van der Waals surface area contributed by atoms with E-state index < -0.39 is 17.5 Å². The predicted molar refractivity (Wildman–Crippen MR) is 71.6 cm³/mol. The highest BCUT2D eigenvalue weighted by molar-refractivity contribution is 5.94. The molecule has 0 saturated heterocycles. The number of benzene rings is 1. The third-order valence-corrected chi connectivity index (χ3v) is 2.87. The number of carbonyl (C=O) groups is 1. The van der Waals surface area contributed by atoms with E-state index in [0.29, 0.717) is 23.5 Å². The van der Waals surface area contributed by atoms with Gasteiger partial charge in [0, 0.05) is 6.07 Å². The van der Waals surface area contributed by atoms with Crippen molar-refractivity contribution in [1.82, 2.24) is 20.5 Å². The number of halogens is 2. The molecule has 0 unspecified atom stereocenters. The number of aromatic nitrogens is 3. The average Bonchev–Trinajstić information content (AvgIpc) is 3.16. The first-order valence-corrected chi connectivity index (χ1v) is 6.32. The Morgan fingerprint density at radius 1 is 1.32 bits per heavy atom. The smallest absolute Gasteiger partial charge is 0.254 e. The molecule has 1 aromatic carbocycles. The summed E-state index contributed by atoms with van der Waals surface area (Å²) < 4.78 is 31.4. The van der Waals surface area contributed by atoms with Crippen LogP contribution < -0.4 is 5.32 Å². The van der Waals surface area contributed by atoms with Gasteiger partial charge in [0.25, 0.3) is 5.91 Å². The maximum Gasteiger partial charge on any atom is 0.254 e. The van der Waals surface area contributed by atoms with E-state index in [2.05, 4.69) is 20.5 Å². The van der Waals surface area contributed by atoms with E-state index in [4.69, 9.17) is 4.42 Å². The van der Waals surface area contributed by atoms with Crippen LogP contribution in [0.3, 0.4) is 0 Å². The highest BCUT2D eigenvalue weighted by Gasteiger charge is 2.13. The number of H-pyrrole nitrogens is 1. The molecule has 0 atom stereocenters. The van der Waals surface area contributed by atoms with Crippen LogP contribution >= 0.6 is 0 Å². The van der Waals surface area contributed by atoms with Gasteiger partial charge in [-0.05, 0) is 24.3 Å². The molecule has 3 aromatic rings. The third kappa shape index (κ3) is 2.85. The number of carbonyl (C=O) groups excluding carboxylic acids is 1. The summed E-state index contributed by atoms with van der Waals surface area (Å²) in [5.41, 5.74) is -0.243. The van der Waals surface area contributed by atoms with Crippen molar-refractivity contribution in [2.24, 2.45) is 0 Å². The molecule has 2 N–H and O–H groups in total. The highest BCUT2D eigenvalue weighted by atomic mass is 19.1. The Balaban J connectivity index is 1.66. The van der Waals surface area contributed by atoms with E-state index in [1.54, 1.807) is 12.1 Å². The summed E-state index contributed by atoms with van der Waals surface area (Å²) >= 11 is 0. The van der Waals surface area contributed by atoms with Gasteiger partial charge in [0.1, 0.15) is 17.5 Å². The second-order valence-corrected chi connectivity index (χ2v) is 4.39. The predicted octanol–water partition coefficient (Wildman–Crippen LogP) is 2.27. The summed E-state index contributed by atoms with van der Waals surface area (Å²) in [4.78, 5) is 16.0. The fraction of sp³-hybridized carbons (Fsp3) is 0.0714. The Labute approximate surface area is 123 Å². The van der Waals surface area contributed by atoms with Gasteiger partial charge in [-0.1, -0.05) is 0 Å². The fourth-order valence-electron chi connectivity index (χ4n) is 1.82. The lowest BCUT2D eigenvalue weighted by molar-refractivity contribution is 0.0946. The van der Waals surface area contributed by atoms with Crippen LogP contribution in [-0.2, 0) is 6.54 Å². The summed E-state index contributed by atoms with van der Waals surface area (Å²) in [5, 5.41) is 9.04. The van der Waals surface area contributed by atoms with Gasteiger partial charge in [-0.2, -0.15) is 0 Å². The van der Waals surface area contributed by atoms with Crippen LogP contribution in [-0.4, -0.2) is 21.1 Å². The molecule has 22 heavy (non-hydrogen) atoms. The molecular weight excluding hydrogens is 294 g/mol. The van der Waals surface area contributed by atoms with Crippen molar-refractivity contribution in [3.63, 3.8) is 0 Å². The highest BCUT2D eigenvalue weighted by Crippen LogP contribution is 2.14. The number of rotatable bonds is 4. The molecule has 3 rings (SSSR count). The molecule has 1 amide bonds. The standard InChI is InChI=1S/C14H10F2N4O2/c15-8-3-4-9(10(16)6-8)14(21)17-7-12-18-13(20-19-12)11-2-1-5-22-11/h1-6H,7H2,(H,17,21)(H,18,19,20). The van der Waals surface area contributed by atoms with Crippen molar-refractivity contribution in [1.29, 1.82) is 0 Å². The van der Waals surface area contributed by atoms with Crippen LogP contribution in [0.2, 0.25) is 0 Å². The molecule has 0 aliphatic rings. The number of aromatic amines is 1. The first-order chi connectivity index (χ1) is 10.6. The van der Waals surface area contributed by atoms with Gasteiger partial charge in [0.2, 0.25) is 5.82 Å². The van der Waals surface area contributed by atoms with Gasteiger partial charge in [0.15, 0.2) is 5.76 Å². The van der Waals surface area contributed by atoms with Crippen LogP contribution in [0.5, 0.6) is 0 Å². The van der Waals surface area contributed by atoms with E-state index in [1.807, 2.05) is 0 Å². The Hall–Kier alpha value is -3.03. The number of furan rings is 1. The van der Waals surface area contributed by atoms with E-state index >= 15 is 0 Å². The zero-order valence-electron chi connectivity index (χ0n) is 11.1. The Morgan fingerprint density at radius 2 is 2.18 bits per heavy atom. The van der Waals surface area contributed by atoms with Gasteiger partial charge in [0.05, 0.1) is 18.4 Å². The van der Waals surface area contributed by atoms with Crippen molar-refractivity contribution in [2.75, 3.05) is 0 Å². The number of hydrogen-bond acceptors (Lipinski definition) is 4. The summed E-state index contributed by atoms with van der Waals surface area (Å²) in [5.74, 6) is -1.13. The van der Waals surface area contributed by atoms with E-state index in [1.165, 1.54) is 6.26 Å². The van der Waals surface area contributed by atoms with Gasteiger partial charge in [-0.15, -0.1) is 5.10 Å². The number of amides is 1. The minimum absolute atomic E-state index is 0.0172. The lowest BCUT2D eigenvalue weighted by Gasteiger charge is -2.04. The van der Waals surface area contributed by atoms with E-state index in [0.717, 1.165) is 12.1 Å². The molecule has 0 saturated carbocycles. The fourth-order valence-corrected chi connectivity index (χ4v) is 1.82. The summed E-state index contributed by atoms with van der Waals surface area (Å²) in [6.07, 6.45) is 1.49. The second-order valence-electron chi connectivity index (χ2n) is 4.39. The molecule has 0 fully saturated rings. The van der Waals surface area contributed by atoms with Crippen LogP contribution in [0.1, 0.15) is 16.2 Å². The third-order valence-electron chi connectivity index (χ3n) is 2.87. The van der Waals surface area contributed by atoms with Crippen LogP contribution in [0.25, 0.3) is 11.6 Å². The summed E-state index contributed by atoms with van der Waals surface area (Å²) in [6, 6.07) is 6.14. The lowest BCUT2D eigenvalue weighted by atomic mass is 10.2. The zero-order chi connectivity index (χ0) is 15.5. The molecule has 112 valence electrons. The Kier molecular flexibility index (Phi) is 3.65. The molecule has 0 radical (unpaired) electrons. The molecule has 2 heterocycles.